The highest BCUT2D eigenvalue weighted by Gasteiger charge is 2.87. The summed E-state index contributed by atoms with van der Waals surface area (Å²) in [6, 6.07) is 21.2. The maximum atomic E-state index is 11.7. The van der Waals surface area contributed by atoms with Gasteiger partial charge in [-0.3, -0.25) is 4.98 Å². The lowest BCUT2D eigenvalue weighted by molar-refractivity contribution is -1.03. The van der Waals surface area contributed by atoms with Crippen LogP contribution in [0.15, 0.2) is 79.5 Å². The number of hydrogen-bond acceptors (Lipinski definition) is 2. The molecular weight excluding hydrogens is 356 g/mol. The van der Waals surface area contributed by atoms with Crippen molar-refractivity contribution < 1.29 is 9.59 Å². The highest BCUT2D eigenvalue weighted by molar-refractivity contribution is 5.82. The van der Waals surface area contributed by atoms with E-state index in [-0.39, 0.29) is 6.04 Å². The molecule has 29 heavy (non-hydrogen) atoms. The second-order valence-electron chi connectivity index (χ2n) is 9.18. The van der Waals surface area contributed by atoms with Crippen molar-refractivity contribution in [2.45, 2.75) is 37.1 Å². The zero-order valence-electron chi connectivity index (χ0n) is 16.6. The number of quaternary nitrogens is 1. The minimum Gasteiger partial charge on any atom is -0.382 e. The zero-order chi connectivity index (χ0) is 19.6. The lowest BCUT2D eigenvalue weighted by Gasteiger charge is -2.60. The van der Waals surface area contributed by atoms with E-state index in [0.29, 0.717) is 11.5 Å². The number of fused-ring (bicyclic) bond motifs is 1. The molecule has 3 fully saturated rings. The molecule has 146 valence electrons. The average Bonchev–Trinajstić information content (AvgIpc) is 3.37. The minimum atomic E-state index is -0.470. The maximum Gasteiger partial charge on any atom is 0.132 e. The van der Waals surface area contributed by atoms with Crippen LogP contribution < -0.4 is 0 Å². The third-order valence-electron chi connectivity index (χ3n) is 8.31. The first-order chi connectivity index (χ1) is 14.2. The molecule has 6 atom stereocenters. The number of aromatic nitrogens is 1. The van der Waals surface area contributed by atoms with Gasteiger partial charge in [-0.15, -0.1) is 6.58 Å². The summed E-state index contributed by atoms with van der Waals surface area (Å²) in [5.41, 5.74) is 3.67. The molecule has 1 aromatic heterocycles. The number of rotatable bonds is 5. The number of hydrogen-bond donors (Lipinski definition) is 1. The standard InChI is InChI=1S/C26H27N2O/c1-2-21-22-13-15-28(17-18-8-4-3-5-9-18)24(16-26(21,22)28)25(29)20-12-14-27-23-11-7-6-10-19(20)23/h2-12,14,21-22,24-25,29H,1,13,15-17H2/q+1. The third-order valence-corrected chi connectivity index (χ3v) is 8.31. The Morgan fingerprint density at radius 3 is 2.72 bits per heavy atom. The van der Waals surface area contributed by atoms with E-state index < -0.39 is 6.10 Å². The van der Waals surface area contributed by atoms with Crippen molar-refractivity contribution in [2.24, 2.45) is 11.8 Å². The molecule has 0 radical (unpaired) electrons. The van der Waals surface area contributed by atoms with Gasteiger partial charge in [0.2, 0.25) is 0 Å². The van der Waals surface area contributed by atoms with Gasteiger partial charge in [-0.05, 0) is 17.7 Å². The van der Waals surface area contributed by atoms with E-state index in [2.05, 4.69) is 54.0 Å². The number of aliphatic hydroxyl groups is 1. The Bertz CT molecular complexity index is 1090. The fourth-order valence-corrected chi connectivity index (χ4v) is 7.10. The normalized spacial score (nSPS) is 35.4. The Hall–Kier alpha value is -2.49. The topological polar surface area (TPSA) is 33.1 Å². The van der Waals surface area contributed by atoms with Crippen LogP contribution in [0.1, 0.15) is 30.1 Å². The summed E-state index contributed by atoms with van der Waals surface area (Å²) in [6.07, 6.45) is 5.91. The molecule has 1 N–H and O–H groups in total. The maximum absolute atomic E-state index is 11.7. The lowest BCUT2D eigenvalue weighted by atomic mass is 9.78. The van der Waals surface area contributed by atoms with Crippen LogP contribution in [0.25, 0.3) is 10.9 Å². The van der Waals surface area contributed by atoms with Crippen molar-refractivity contribution in [3.8, 4) is 0 Å². The van der Waals surface area contributed by atoms with E-state index >= 15 is 0 Å². The van der Waals surface area contributed by atoms with Crippen molar-refractivity contribution >= 4 is 10.9 Å². The van der Waals surface area contributed by atoms with E-state index in [1.807, 2.05) is 30.5 Å². The van der Waals surface area contributed by atoms with Crippen LogP contribution in [0.2, 0.25) is 0 Å². The van der Waals surface area contributed by atoms with Crippen LogP contribution in [0, 0.1) is 11.8 Å². The quantitative estimate of drug-likeness (QED) is 0.515. The summed E-state index contributed by atoms with van der Waals surface area (Å²) in [7, 11) is 0. The van der Waals surface area contributed by atoms with Crippen molar-refractivity contribution in [3.63, 3.8) is 0 Å². The summed E-state index contributed by atoms with van der Waals surface area (Å²) in [5.74, 6) is 1.36. The second-order valence-corrected chi connectivity index (χ2v) is 9.18. The number of pyridine rings is 1. The van der Waals surface area contributed by atoms with Crippen LogP contribution in [-0.2, 0) is 6.54 Å². The fourth-order valence-electron chi connectivity index (χ4n) is 7.10. The van der Waals surface area contributed by atoms with Gasteiger partial charge in [-0.25, -0.2) is 0 Å². The largest absolute Gasteiger partial charge is 0.382 e. The van der Waals surface area contributed by atoms with Gasteiger partial charge in [0.1, 0.15) is 24.2 Å². The van der Waals surface area contributed by atoms with Crippen molar-refractivity contribution in [2.75, 3.05) is 6.54 Å². The van der Waals surface area contributed by atoms with Gasteiger partial charge in [0.25, 0.3) is 0 Å². The predicted molar refractivity (Wildman–Crippen MR) is 115 cm³/mol. The van der Waals surface area contributed by atoms with E-state index in [1.165, 1.54) is 12.0 Å². The minimum absolute atomic E-state index is 0.232. The Balaban J connectivity index is 1.42. The van der Waals surface area contributed by atoms with Gasteiger partial charge in [-0.2, -0.15) is 0 Å². The van der Waals surface area contributed by atoms with E-state index in [1.54, 1.807) is 0 Å². The molecule has 2 saturated heterocycles. The third kappa shape index (κ3) is 2.12. The summed E-state index contributed by atoms with van der Waals surface area (Å²) in [4.78, 5) is 4.50. The van der Waals surface area contributed by atoms with Crippen LogP contribution >= 0.6 is 0 Å². The van der Waals surface area contributed by atoms with Gasteiger partial charge in [0.15, 0.2) is 0 Å². The fraction of sp³-hybridized carbons (Fsp3) is 0.346. The van der Waals surface area contributed by atoms with Crippen molar-refractivity contribution in [1.82, 2.24) is 4.98 Å². The number of para-hydroxylation sites is 1. The molecule has 2 aromatic carbocycles. The number of nitrogens with zero attached hydrogens (tertiary/aromatic N) is 2. The first kappa shape index (κ1) is 17.4. The first-order valence-corrected chi connectivity index (χ1v) is 10.8. The molecule has 2 aliphatic heterocycles. The lowest BCUT2D eigenvalue weighted by Crippen LogP contribution is -2.73. The van der Waals surface area contributed by atoms with Crippen molar-refractivity contribution in [3.05, 3.63) is 90.6 Å². The van der Waals surface area contributed by atoms with Crippen LogP contribution in [0.5, 0.6) is 0 Å². The highest BCUT2D eigenvalue weighted by atomic mass is 16.3. The van der Waals surface area contributed by atoms with Crippen molar-refractivity contribution in [1.29, 1.82) is 0 Å². The van der Waals surface area contributed by atoms with Gasteiger partial charge in [0, 0.05) is 35.4 Å². The summed E-state index contributed by atoms with van der Waals surface area (Å²) >= 11 is 0. The second kappa shape index (κ2) is 6.01. The molecule has 1 aliphatic carbocycles. The van der Waals surface area contributed by atoms with E-state index in [4.69, 9.17) is 0 Å². The van der Waals surface area contributed by atoms with E-state index in [9.17, 15) is 5.11 Å². The summed E-state index contributed by atoms with van der Waals surface area (Å²) in [6.45, 7) is 6.31. The first-order valence-electron chi connectivity index (χ1n) is 10.8. The highest BCUT2D eigenvalue weighted by Crippen LogP contribution is 2.75. The molecule has 3 heteroatoms. The number of piperidine rings is 1. The van der Waals surface area contributed by atoms with Crippen LogP contribution in [0.3, 0.4) is 0 Å². The predicted octanol–water partition coefficient (Wildman–Crippen LogP) is 4.63. The Labute approximate surface area is 171 Å². The average molecular weight is 384 g/mol. The molecule has 0 amide bonds. The molecule has 1 saturated carbocycles. The molecule has 3 heterocycles. The van der Waals surface area contributed by atoms with Crippen LogP contribution in [0.4, 0.5) is 0 Å². The van der Waals surface area contributed by atoms with Gasteiger partial charge in [-0.1, -0.05) is 54.6 Å². The SMILES string of the molecule is C=CC1C2CC[N+]3(Cc4ccccc4)C(C(O)c4ccnc5ccccc45)CC123. The smallest absolute Gasteiger partial charge is 0.132 e. The molecule has 3 aromatic rings. The summed E-state index contributed by atoms with van der Waals surface area (Å²) in [5, 5.41) is 12.7. The Morgan fingerprint density at radius 2 is 1.93 bits per heavy atom. The number of aliphatic hydroxyl groups excluding tert-OH is 1. The molecule has 0 bridgehead atoms. The molecule has 3 nitrogen and oxygen atoms in total. The monoisotopic (exact) mass is 383 g/mol. The molecular formula is C26H27N2O+. The summed E-state index contributed by atoms with van der Waals surface area (Å²) < 4.78 is 1.02. The molecule has 6 rings (SSSR count). The van der Waals surface area contributed by atoms with Gasteiger partial charge < -0.3 is 9.59 Å². The zero-order valence-corrected chi connectivity index (χ0v) is 16.6. The molecule has 6 unspecified atom stereocenters. The molecule has 1 spiro atoms. The van der Waals surface area contributed by atoms with E-state index in [0.717, 1.165) is 46.4 Å². The molecule has 3 aliphatic rings. The number of benzene rings is 2. The Morgan fingerprint density at radius 1 is 1.14 bits per heavy atom. The van der Waals surface area contributed by atoms with Crippen LogP contribution in [-0.4, -0.2) is 32.7 Å². The van der Waals surface area contributed by atoms with Gasteiger partial charge >= 0.3 is 0 Å². The van der Waals surface area contributed by atoms with Gasteiger partial charge in [0.05, 0.1) is 18.5 Å². The Kier molecular flexibility index (Phi) is 3.60.